The number of rotatable bonds is 4. The molecule has 1 aliphatic rings. The molecular formula is C21H20ClF3N6O. The molecule has 3 heterocycles. The summed E-state index contributed by atoms with van der Waals surface area (Å²) in [7, 11) is 0. The molecule has 32 heavy (non-hydrogen) atoms. The highest BCUT2D eigenvalue weighted by molar-refractivity contribution is 6.30. The molecule has 0 unspecified atom stereocenters. The van der Waals surface area contributed by atoms with Crippen LogP contribution in [0.1, 0.15) is 19.7 Å². The van der Waals surface area contributed by atoms with E-state index in [-0.39, 0.29) is 23.7 Å². The first kappa shape index (κ1) is 22.1. The van der Waals surface area contributed by atoms with Gasteiger partial charge in [-0.25, -0.2) is 23.1 Å². The minimum atomic E-state index is -1.56. The molecule has 0 aliphatic carbocycles. The molecule has 1 amide bonds. The third-order valence-corrected chi connectivity index (χ3v) is 5.67. The van der Waals surface area contributed by atoms with Crippen LogP contribution in [0.4, 0.5) is 24.8 Å². The molecule has 4 rings (SSSR count). The molecule has 1 aromatic carbocycles. The Morgan fingerprint density at radius 3 is 2.50 bits per heavy atom. The number of halogens is 4. The molecule has 0 fully saturated rings. The minimum Gasteiger partial charge on any atom is -0.327 e. The highest BCUT2D eigenvalue weighted by Crippen LogP contribution is 2.39. The number of benzene rings is 1. The molecule has 0 spiro atoms. The van der Waals surface area contributed by atoms with Gasteiger partial charge in [0.15, 0.2) is 17.5 Å². The van der Waals surface area contributed by atoms with E-state index in [1.54, 1.807) is 30.9 Å². The van der Waals surface area contributed by atoms with Gasteiger partial charge >= 0.3 is 0 Å². The molecule has 2 aromatic heterocycles. The highest BCUT2D eigenvalue weighted by Gasteiger charge is 2.41. The molecule has 7 nitrogen and oxygen atoms in total. The fraction of sp³-hybridized carbons (Fsp3) is 0.286. The fourth-order valence-electron chi connectivity index (χ4n) is 3.88. The van der Waals surface area contributed by atoms with Crippen LogP contribution < -0.4 is 11.1 Å². The van der Waals surface area contributed by atoms with E-state index < -0.39 is 23.0 Å². The predicted octanol–water partition coefficient (Wildman–Crippen LogP) is 3.80. The summed E-state index contributed by atoms with van der Waals surface area (Å²) in [5, 5.41) is 3.56. The Labute approximate surface area is 187 Å². The number of nitrogens with zero attached hydrogens (tertiary/aromatic N) is 4. The maximum Gasteiger partial charge on any atom is 0.237 e. The van der Waals surface area contributed by atoms with E-state index in [2.05, 4.69) is 15.3 Å². The Bertz CT molecular complexity index is 1170. The second-order valence-corrected chi connectivity index (χ2v) is 8.27. The number of hydrogen-bond donors (Lipinski definition) is 2. The summed E-state index contributed by atoms with van der Waals surface area (Å²) in [4.78, 5) is 22.8. The first-order chi connectivity index (χ1) is 15.1. The molecule has 0 saturated heterocycles. The van der Waals surface area contributed by atoms with Crippen molar-refractivity contribution >= 4 is 29.1 Å². The molecule has 0 bridgehead atoms. The lowest BCUT2D eigenvalue weighted by atomic mass is 9.99. The standard InChI is InChI=1S/C21H20ClF3N6O/c1-21(2)20-29-18(11-7-13(23)17(25)14(24)8-11)19(28-15-4-3-12(22)10-27-15)30(20)5-6-31(21)16(32)9-26/h3-4,7-8,10H,5-6,9,26H2,1-2H3,(H,27,28). The number of aromatic nitrogens is 3. The van der Waals surface area contributed by atoms with Gasteiger partial charge < -0.3 is 20.5 Å². The van der Waals surface area contributed by atoms with Crippen LogP contribution in [0.25, 0.3) is 11.3 Å². The third kappa shape index (κ3) is 3.69. The molecule has 3 aromatic rings. The third-order valence-electron chi connectivity index (χ3n) is 5.44. The quantitative estimate of drug-likeness (QED) is 0.573. The molecule has 168 valence electrons. The van der Waals surface area contributed by atoms with Crippen molar-refractivity contribution in [3.8, 4) is 11.3 Å². The van der Waals surface area contributed by atoms with Crippen molar-refractivity contribution in [2.45, 2.75) is 25.9 Å². The van der Waals surface area contributed by atoms with Gasteiger partial charge in [-0.05, 0) is 38.1 Å². The predicted molar refractivity (Wildman–Crippen MR) is 114 cm³/mol. The normalized spacial score (nSPS) is 14.9. The number of imidazole rings is 1. The number of carbonyl (C=O) groups is 1. The Balaban J connectivity index is 1.90. The summed E-state index contributed by atoms with van der Waals surface area (Å²) in [5.41, 5.74) is 4.92. The van der Waals surface area contributed by atoms with Crippen molar-refractivity contribution in [1.29, 1.82) is 0 Å². The molecule has 0 atom stereocenters. The molecule has 11 heteroatoms. The zero-order chi connectivity index (χ0) is 23.2. The molecule has 1 aliphatic heterocycles. The van der Waals surface area contributed by atoms with Crippen molar-refractivity contribution in [3.05, 3.63) is 58.8 Å². The molecular weight excluding hydrogens is 445 g/mol. The van der Waals surface area contributed by atoms with Crippen LogP contribution in [-0.2, 0) is 16.9 Å². The van der Waals surface area contributed by atoms with Crippen molar-refractivity contribution in [1.82, 2.24) is 19.4 Å². The summed E-state index contributed by atoms with van der Waals surface area (Å²) in [6, 6.07) is 5.02. The number of nitrogens with two attached hydrogens (primary N) is 1. The number of fused-ring (bicyclic) bond motifs is 1. The van der Waals surface area contributed by atoms with Gasteiger partial charge in [0, 0.05) is 24.8 Å². The molecule has 0 saturated carbocycles. The topological polar surface area (TPSA) is 89.1 Å². The Hall–Kier alpha value is -3.11. The monoisotopic (exact) mass is 464 g/mol. The van der Waals surface area contributed by atoms with Crippen LogP contribution in [0.2, 0.25) is 5.02 Å². The Morgan fingerprint density at radius 2 is 1.91 bits per heavy atom. The van der Waals surface area contributed by atoms with Gasteiger partial charge in [0.1, 0.15) is 23.2 Å². The summed E-state index contributed by atoms with van der Waals surface area (Å²) < 4.78 is 43.4. The van der Waals surface area contributed by atoms with E-state index in [4.69, 9.17) is 17.3 Å². The first-order valence-corrected chi connectivity index (χ1v) is 10.2. The number of hydrogen-bond acceptors (Lipinski definition) is 5. The van der Waals surface area contributed by atoms with Crippen LogP contribution in [0, 0.1) is 17.5 Å². The second-order valence-electron chi connectivity index (χ2n) is 7.83. The lowest BCUT2D eigenvalue weighted by Crippen LogP contribution is -2.53. The highest BCUT2D eigenvalue weighted by atomic mass is 35.5. The van der Waals surface area contributed by atoms with Crippen molar-refractivity contribution in [2.24, 2.45) is 5.73 Å². The SMILES string of the molecule is CC1(C)c2nc(-c3cc(F)c(F)c(F)c3)c(Nc3ccc(Cl)cn3)n2CCN1C(=O)CN. The van der Waals surface area contributed by atoms with Crippen LogP contribution in [-0.4, -0.2) is 38.4 Å². The molecule has 0 radical (unpaired) electrons. The van der Waals surface area contributed by atoms with Gasteiger partial charge in [0.2, 0.25) is 5.91 Å². The van der Waals surface area contributed by atoms with Crippen LogP contribution >= 0.6 is 11.6 Å². The van der Waals surface area contributed by atoms with E-state index in [1.165, 1.54) is 6.20 Å². The first-order valence-electron chi connectivity index (χ1n) is 9.78. The zero-order valence-corrected chi connectivity index (χ0v) is 18.1. The fourth-order valence-corrected chi connectivity index (χ4v) is 3.99. The number of amides is 1. The van der Waals surface area contributed by atoms with Crippen molar-refractivity contribution < 1.29 is 18.0 Å². The van der Waals surface area contributed by atoms with E-state index in [0.29, 0.717) is 35.6 Å². The van der Waals surface area contributed by atoms with Crippen LogP contribution in [0.3, 0.4) is 0 Å². The largest absolute Gasteiger partial charge is 0.327 e. The zero-order valence-electron chi connectivity index (χ0n) is 17.3. The van der Waals surface area contributed by atoms with E-state index >= 15 is 0 Å². The van der Waals surface area contributed by atoms with Crippen LogP contribution in [0.15, 0.2) is 30.5 Å². The maximum atomic E-state index is 14.0. The lowest BCUT2D eigenvalue weighted by Gasteiger charge is -2.42. The maximum absolute atomic E-state index is 14.0. The number of anilines is 2. The van der Waals surface area contributed by atoms with E-state index in [0.717, 1.165) is 12.1 Å². The van der Waals surface area contributed by atoms with Gasteiger partial charge in [0.25, 0.3) is 0 Å². The van der Waals surface area contributed by atoms with Gasteiger partial charge in [0.05, 0.1) is 17.1 Å². The van der Waals surface area contributed by atoms with E-state index in [9.17, 15) is 18.0 Å². The Morgan fingerprint density at radius 1 is 1.22 bits per heavy atom. The van der Waals surface area contributed by atoms with Crippen LogP contribution in [0.5, 0.6) is 0 Å². The molecule has 3 N–H and O–H groups in total. The van der Waals surface area contributed by atoms with E-state index in [1.807, 2.05) is 4.57 Å². The summed E-state index contributed by atoms with van der Waals surface area (Å²) in [6.45, 7) is 4.14. The smallest absolute Gasteiger partial charge is 0.237 e. The summed E-state index contributed by atoms with van der Waals surface area (Å²) in [6.07, 6.45) is 1.44. The summed E-state index contributed by atoms with van der Waals surface area (Å²) in [5.74, 6) is -3.19. The van der Waals surface area contributed by atoms with Gasteiger partial charge in [-0.3, -0.25) is 4.79 Å². The van der Waals surface area contributed by atoms with Crippen molar-refractivity contribution in [3.63, 3.8) is 0 Å². The number of nitrogens with one attached hydrogen (secondary N) is 1. The minimum absolute atomic E-state index is 0.0345. The lowest BCUT2D eigenvalue weighted by molar-refractivity contribution is -0.137. The van der Waals surface area contributed by atoms with Gasteiger partial charge in [-0.2, -0.15) is 0 Å². The Kier molecular flexibility index (Phi) is 5.59. The number of pyridine rings is 1. The van der Waals surface area contributed by atoms with Gasteiger partial charge in [-0.15, -0.1) is 0 Å². The average Bonchev–Trinajstić information content (AvgIpc) is 3.12. The summed E-state index contributed by atoms with van der Waals surface area (Å²) >= 11 is 5.91. The average molecular weight is 465 g/mol. The number of carbonyl (C=O) groups excluding carboxylic acids is 1. The van der Waals surface area contributed by atoms with Crippen molar-refractivity contribution in [2.75, 3.05) is 18.4 Å². The van der Waals surface area contributed by atoms with Gasteiger partial charge in [-0.1, -0.05) is 11.6 Å². The second kappa shape index (κ2) is 8.10.